The van der Waals surface area contributed by atoms with Gasteiger partial charge < -0.3 is 0 Å². The van der Waals surface area contributed by atoms with Gasteiger partial charge in [-0.15, -0.1) is 11.3 Å². The van der Waals surface area contributed by atoms with Gasteiger partial charge in [-0.25, -0.2) is 8.42 Å². The van der Waals surface area contributed by atoms with E-state index in [2.05, 4.69) is 18.7 Å². The predicted molar refractivity (Wildman–Crippen MR) is 79.1 cm³/mol. The van der Waals surface area contributed by atoms with Crippen molar-refractivity contribution >= 4 is 21.4 Å². The fourth-order valence-electron chi connectivity index (χ4n) is 2.29. The topological polar surface area (TPSA) is 64.4 Å². The molecule has 0 bridgehead atoms. The number of nitrogens with zero attached hydrogens (tertiary/aromatic N) is 3. The first-order chi connectivity index (χ1) is 9.48. The zero-order valence-electron chi connectivity index (χ0n) is 11.7. The van der Waals surface area contributed by atoms with Crippen molar-refractivity contribution in [1.29, 1.82) is 5.26 Å². The standard InChI is InChI=1S/C13H19N3O2S2/c1-3-11(2)15-6-8-16(9-7-15)20(17,18)13-5-4-12(10-14)19-13/h4-5,11H,3,6-9H2,1-2H3. The summed E-state index contributed by atoms with van der Waals surface area (Å²) >= 11 is 1.04. The third kappa shape index (κ3) is 3.04. The Bertz CT molecular complexity index is 595. The summed E-state index contributed by atoms with van der Waals surface area (Å²) in [5.41, 5.74) is 0. The molecule has 1 saturated heterocycles. The molecule has 1 aliphatic heterocycles. The van der Waals surface area contributed by atoms with Crippen molar-refractivity contribution < 1.29 is 8.42 Å². The molecule has 0 radical (unpaired) electrons. The molecule has 0 aliphatic carbocycles. The highest BCUT2D eigenvalue weighted by Crippen LogP contribution is 2.25. The van der Waals surface area contributed by atoms with Crippen molar-refractivity contribution in [3.8, 4) is 6.07 Å². The Balaban J connectivity index is 2.08. The number of piperazine rings is 1. The third-order valence-electron chi connectivity index (χ3n) is 3.77. The van der Waals surface area contributed by atoms with Crippen LogP contribution in [0.25, 0.3) is 0 Å². The first-order valence-corrected chi connectivity index (χ1v) is 8.98. The van der Waals surface area contributed by atoms with E-state index in [0.29, 0.717) is 24.0 Å². The Labute approximate surface area is 124 Å². The van der Waals surface area contributed by atoms with E-state index in [1.807, 2.05) is 6.07 Å². The summed E-state index contributed by atoms with van der Waals surface area (Å²) in [6.45, 7) is 6.89. The summed E-state index contributed by atoms with van der Waals surface area (Å²) in [6, 6.07) is 5.56. The highest BCUT2D eigenvalue weighted by Gasteiger charge is 2.30. The molecule has 0 saturated carbocycles. The summed E-state index contributed by atoms with van der Waals surface area (Å²) in [7, 11) is -3.43. The van der Waals surface area contributed by atoms with Crippen LogP contribution in [0.15, 0.2) is 16.3 Å². The van der Waals surface area contributed by atoms with Gasteiger partial charge in [0.05, 0.1) is 0 Å². The fourth-order valence-corrected chi connectivity index (χ4v) is 4.97. The molecule has 2 heterocycles. The molecule has 0 amide bonds. The van der Waals surface area contributed by atoms with E-state index in [9.17, 15) is 8.42 Å². The Morgan fingerprint density at radius 3 is 2.50 bits per heavy atom. The van der Waals surface area contributed by atoms with Crippen molar-refractivity contribution in [3.05, 3.63) is 17.0 Å². The van der Waals surface area contributed by atoms with Crippen molar-refractivity contribution in [2.75, 3.05) is 26.2 Å². The maximum absolute atomic E-state index is 12.5. The summed E-state index contributed by atoms with van der Waals surface area (Å²) < 4.78 is 26.7. The Kier molecular flexibility index (Phi) is 4.81. The zero-order chi connectivity index (χ0) is 14.8. The first kappa shape index (κ1) is 15.4. The van der Waals surface area contributed by atoms with E-state index < -0.39 is 10.0 Å². The number of thiophene rings is 1. The molecule has 110 valence electrons. The van der Waals surface area contributed by atoms with Crippen LogP contribution in [0.3, 0.4) is 0 Å². The maximum Gasteiger partial charge on any atom is 0.252 e. The minimum absolute atomic E-state index is 0.269. The number of rotatable bonds is 4. The SMILES string of the molecule is CCC(C)N1CCN(S(=O)(=O)c2ccc(C#N)s2)CC1. The van der Waals surface area contributed by atoms with Gasteiger partial charge in [0.1, 0.15) is 15.2 Å². The van der Waals surface area contributed by atoms with Crippen LogP contribution in [0.1, 0.15) is 25.1 Å². The van der Waals surface area contributed by atoms with E-state index in [-0.39, 0.29) is 4.21 Å². The highest BCUT2D eigenvalue weighted by atomic mass is 32.2. The molecule has 7 heteroatoms. The number of hydrogen-bond acceptors (Lipinski definition) is 5. The second kappa shape index (κ2) is 6.22. The lowest BCUT2D eigenvalue weighted by Gasteiger charge is -2.36. The van der Waals surface area contributed by atoms with Gasteiger partial charge in [-0.1, -0.05) is 6.92 Å². The monoisotopic (exact) mass is 313 g/mol. The van der Waals surface area contributed by atoms with Crippen molar-refractivity contribution in [2.45, 2.75) is 30.5 Å². The lowest BCUT2D eigenvalue weighted by molar-refractivity contribution is 0.143. The minimum Gasteiger partial charge on any atom is -0.298 e. The van der Waals surface area contributed by atoms with Gasteiger partial charge in [0.15, 0.2) is 0 Å². The predicted octanol–water partition coefficient (Wildman–Crippen LogP) is 1.72. The zero-order valence-corrected chi connectivity index (χ0v) is 13.4. The van der Waals surface area contributed by atoms with E-state index >= 15 is 0 Å². The molecule has 1 aliphatic rings. The van der Waals surface area contributed by atoms with Gasteiger partial charge in [-0.2, -0.15) is 9.57 Å². The molecule has 0 aromatic carbocycles. The second-order valence-corrected chi connectivity index (χ2v) is 8.18. The second-order valence-electron chi connectivity index (χ2n) is 4.93. The number of nitriles is 1. The van der Waals surface area contributed by atoms with Crippen LogP contribution in [0.5, 0.6) is 0 Å². The van der Waals surface area contributed by atoms with E-state index in [4.69, 9.17) is 5.26 Å². The molecule has 20 heavy (non-hydrogen) atoms. The quantitative estimate of drug-likeness (QED) is 0.849. The number of hydrogen-bond donors (Lipinski definition) is 0. The number of sulfonamides is 1. The highest BCUT2D eigenvalue weighted by molar-refractivity contribution is 7.91. The largest absolute Gasteiger partial charge is 0.298 e. The van der Waals surface area contributed by atoms with Crippen molar-refractivity contribution in [2.24, 2.45) is 0 Å². The molecule has 0 N–H and O–H groups in total. The van der Waals surface area contributed by atoms with Gasteiger partial charge >= 0.3 is 0 Å². The summed E-state index contributed by atoms with van der Waals surface area (Å²) in [6.07, 6.45) is 1.07. The van der Waals surface area contributed by atoms with Gasteiger partial charge in [0.2, 0.25) is 0 Å². The van der Waals surface area contributed by atoms with E-state index in [1.54, 1.807) is 6.07 Å². The first-order valence-electron chi connectivity index (χ1n) is 6.73. The van der Waals surface area contributed by atoms with Gasteiger partial charge in [0, 0.05) is 32.2 Å². The van der Waals surface area contributed by atoms with Gasteiger partial charge in [-0.05, 0) is 25.5 Å². The van der Waals surface area contributed by atoms with E-state index in [0.717, 1.165) is 30.8 Å². The maximum atomic E-state index is 12.5. The van der Waals surface area contributed by atoms with Gasteiger partial charge in [-0.3, -0.25) is 4.90 Å². The molecular formula is C13H19N3O2S2. The fraction of sp³-hybridized carbons (Fsp3) is 0.615. The van der Waals surface area contributed by atoms with Crippen LogP contribution < -0.4 is 0 Å². The van der Waals surface area contributed by atoms with Crippen molar-refractivity contribution in [3.63, 3.8) is 0 Å². The smallest absolute Gasteiger partial charge is 0.252 e. The molecule has 1 aromatic rings. The van der Waals surface area contributed by atoms with Crippen LogP contribution in [-0.4, -0.2) is 49.8 Å². The Morgan fingerprint density at radius 2 is 2.00 bits per heavy atom. The molecule has 1 fully saturated rings. The molecule has 1 atom stereocenters. The Hall–Kier alpha value is -0.940. The molecular weight excluding hydrogens is 294 g/mol. The third-order valence-corrected chi connectivity index (χ3v) is 7.13. The normalized spacial score (nSPS) is 19.6. The summed E-state index contributed by atoms with van der Waals surface area (Å²) in [4.78, 5) is 2.75. The molecule has 1 unspecified atom stereocenters. The Morgan fingerprint density at radius 1 is 1.35 bits per heavy atom. The summed E-state index contributed by atoms with van der Waals surface area (Å²) in [5, 5.41) is 8.80. The summed E-state index contributed by atoms with van der Waals surface area (Å²) in [5.74, 6) is 0. The molecule has 1 aromatic heterocycles. The minimum atomic E-state index is -3.43. The van der Waals surface area contributed by atoms with Crippen LogP contribution >= 0.6 is 11.3 Å². The molecule has 0 spiro atoms. The average molecular weight is 313 g/mol. The van der Waals surface area contributed by atoms with Crippen LogP contribution in [0.4, 0.5) is 0 Å². The molecule has 5 nitrogen and oxygen atoms in total. The lowest BCUT2D eigenvalue weighted by Crippen LogP contribution is -2.50. The lowest BCUT2D eigenvalue weighted by atomic mass is 10.2. The van der Waals surface area contributed by atoms with E-state index in [1.165, 1.54) is 10.4 Å². The van der Waals surface area contributed by atoms with Crippen LogP contribution in [0, 0.1) is 11.3 Å². The van der Waals surface area contributed by atoms with Crippen molar-refractivity contribution in [1.82, 2.24) is 9.21 Å². The molecule has 2 rings (SSSR count). The van der Waals surface area contributed by atoms with Crippen LogP contribution in [0.2, 0.25) is 0 Å². The van der Waals surface area contributed by atoms with Crippen LogP contribution in [-0.2, 0) is 10.0 Å². The van der Waals surface area contributed by atoms with Gasteiger partial charge in [0.25, 0.3) is 10.0 Å². The average Bonchev–Trinajstić information content (AvgIpc) is 2.96.